The molecule has 1 N–H and O–H groups in total. The average Bonchev–Trinajstić information content (AvgIpc) is 3.53. The number of rotatable bonds is 4. The molecule has 1 aliphatic heterocycles. The molecule has 3 aromatic rings. The van der Waals surface area contributed by atoms with Gasteiger partial charge in [-0.25, -0.2) is 14.8 Å². The maximum Gasteiger partial charge on any atom is 0.317 e. The molecule has 0 unspecified atom stereocenters. The Hall–Kier alpha value is -2.89. The first kappa shape index (κ1) is 17.2. The summed E-state index contributed by atoms with van der Waals surface area (Å²) in [6, 6.07) is 10.6. The van der Waals surface area contributed by atoms with Crippen molar-refractivity contribution in [1.82, 2.24) is 24.8 Å². The fourth-order valence-corrected chi connectivity index (χ4v) is 4.00. The minimum atomic E-state index is 0.00854. The molecule has 0 atom stereocenters. The highest BCUT2D eigenvalue weighted by Gasteiger charge is 2.26. The van der Waals surface area contributed by atoms with E-state index in [4.69, 9.17) is 0 Å². The van der Waals surface area contributed by atoms with Crippen LogP contribution in [0.1, 0.15) is 42.3 Å². The molecule has 3 heterocycles. The van der Waals surface area contributed by atoms with Gasteiger partial charge >= 0.3 is 6.03 Å². The van der Waals surface area contributed by atoms with E-state index in [0.29, 0.717) is 19.0 Å². The molecular formula is C22H25N5O. The van der Waals surface area contributed by atoms with Crippen molar-refractivity contribution in [2.24, 2.45) is 0 Å². The van der Waals surface area contributed by atoms with E-state index in [1.54, 1.807) is 0 Å². The molecule has 1 aromatic carbocycles. The summed E-state index contributed by atoms with van der Waals surface area (Å²) in [6.07, 6.45) is 7.95. The number of nitrogens with one attached hydrogen (secondary N) is 1. The van der Waals surface area contributed by atoms with Crippen LogP contribution >= 0.6 is 0 Å². The number of carbonyl (C=O) groups excluding carboxylic acids is 1. The zero-order valence-electron chi connectivity index (χ0n) is 16.0. The van der Waals surface area contributed by atoms with Crippen molar-refractivity contribution in [2.45, 2.75) is 44.7 Å². The molecule has 1 aliphatic carbocycles. The summed E-state index contributed by atoms with van der Waals surface area (Å²) < 4.78 is 2.35. The molecule has 2 amide bonds. The van der Waals surface area contributed by atoms with Crippen LogP contribution in [0.5, 0.6) is 0 Å². The van der Waals surface area contributed by atoms with E-state index in [9.17, 15) is 4.79 Å². The number of hydrogen-bond acceptors (Lipinski definition) is 3. The number of aryl methyl sites for hydroxylation is 1. The highest BCUT2D eigenvalue weighted by atomic mass is 16.2. The summed E-state index contributed by atoms with van der Waals surface area (Å²) in [7, 11) is 0. The Morgan fingerprint density at radius 2 is 1.96 bits per heavy atom. The van der Waals surface area contributed by atoms with Gasteiger partial charge in [0.05, 0.1) is 6.54 Å². The molecule has 144 valence electrons. The quantitative estimate of drug-likeness (QED) is 0.759. The van der Waals surface area contributed by atoms with Crippen LogP contribution in [-0.2, 0) is 19.5 Å². The Bertz CT molecular complexity index is 990. The maximum absolute atomic E-state index is 12.7. The van der Waals surface area contributed by atoms with Gasteiger partial charge in [0, 0.05) is 49.2 Å². The van der Waals surface area contributed by atoms with Gasteiger partial charge in [-0.1, -0.05) is 18.2 Å². The highest BCUT2D eigenvalue weighted by molar-refractivity contribution is 5.81. The molecule has 2 aliphatic rings. The number of para-hydroxylation sites is 1. The van der Waals surface area contributed by atoms with Gasteiger partial charge in [0.1, 0.15) is 5.82 Å². The number of aromatic nitrogens is 3. The van der Waals surface area contributed by atoms with E-state index in [2.05, 4.69) is 50.2 Å². The number of amides is 2. The Balaban J connectivity index is 1.19. The third-order valence-corrected chi connectivity index (χ3v) is 5.70. The molecular weight excluding hydrogens is 350 g/mol. The Kier molecular flexibility index (Phi) is 4.47. The van der Waals surface area contributed by atoms with E-state index in [0.717, 1.165) is 37.3 Å². The monoisotopic (exact) mass is 375 g/mol. The lowest BCUT2D eigenvalue weighted by Gasteiger charge is -2.20. The Morgan fingerprint density at radius 3 is 2.79 bits per heavy atom. The maximum atomic E-state index is 12.7. The van der Waals surface area contributed by atoms with Gasteiger partial charge < -0.3 is 14.8 Å². The van der Waals surface area contributed by atoms with Crippen LogP contribution in [-0.4, -0.2) is 38.6 Å². The van der Waals surface area contributed by atoms with Crippen LogP contribution in [0.15, 0.2) is 42.7 Å². The second-order valence-electron chi connectivity index (χ2n) is 7.83. The number of urea groups is 1. The summed E-state index contributed by atoms with van der Waals surface area (Å²) in [6.45, 7) is 2.99. The standard InChI is InChI=1S/C22H25N5O/c28-22(23-9-8-16-13-24-21(25-14-16)17-6-7-17)26-10-3-11-27-19(15-26)12-18-4-1-2-5-20(18)27/h1-2,4-5,12-14,17H,3,6-11,15H2,(H,23,28). The summed E-state index contributed by atoms with van der Waals surface area (Å²) in [5.74, 6) is 1.54. The van der Waals surface area contributed by atoms with Crippen molar-refractivity contribution in [1.29, 1.82) is 0 Å². The van der Waals surface area contributed by atoms with Crippen molar-refractivity contribution in [3.8, 4) is 0 Å². The van der Waals surface area contributed by atoms with Gasteiger partial charge in [0.25, 0.3) is 0 Å². The Morgan fingerprint density at radius 1 is 1.14 bits per heavy atom. The number of benzene rings is 1. The van der Waals surface area contributed by atoms with Gasteiger partial charge in [-0.2, -0.15) is 0 Å². The summed E-state index contributed by atoms with van der Waals surface area (Å²) in [5, 5.41) is 4.31. The van der Waals surface area contributed by atoms with Gasteiger partial charge in [0.15, 0.2) is 0 Å². The molecule has 6 heteroatoms. The summed E-state index contributed by atoms with van der Waals surface area (Å²) in [4.78, 5) is 23.5. The van der Waals surface area contributed by atoms with Gasteiger partial charge in [0.2, 0.25) is 0 Å². The fraction of sp³-hybridized carbons (Fsp3) is 0.409. The molecule has 5 rings (SSSR count). The lowest BCUT2D eigenvalue weighted by molar-refractivity contribution is 0.196. The summed E-state index contributed by atoms with van der Waals surface area (Å²) >= 11 is 0. The topological polar surface area (TPSA) is 63.1 Å². The zero-order valence-corrected chi connectivity index (χ0v) is 16.0. The first-order valence-electron chi connectivity index (χ1n) is 10.2. The predicted molar refractivity (Wildman–Crippen MR) is 108 cm³/mol. The molecule has 28 heavy (non-hydrogen) atoms. The SMILES string of the molecule is O=C(NCCc1cnc(C2CC2)nc1)N1CCCn2c(cc3ccccc32)C1. The first-order valence-corrected chi connectivity index (χ1v) is 10.2. The molecule has 6 nitrogen and oxygen atoms in total. The molecule has 0 saturated heterocycles. The second kappa shape index (κ2) is 7.26. The minimum absolute atomic E-state index is 0.00854. The number of nitrogens with zero attached hydrogens (tertiary/aromatic N) is 4. The predicted octanol–water partition coefficient (Wildman–Crippen LogP) is 3.47. The highest BCUT2D eigenvalue weighted by Crippen LogP contribution is 2.37. The van der Waals surface area contributed by atoms with Gasteiger partial charge in [-0.05, 0) is 48.8 Å². The van der Waals surface area contributed by atoms with Crippen LogP contribution in [0.2, 0.25) is 0 Å². The summed E-state index contributed by atoms with van der Waals surface area (Å²) in [5.41, 5.74) is 3.54. The molecule has 0 bridgehead atoms. The van der Waals surface area contributed by atoms with Crippen molar-refractivity contribution in [2.75, 3.05) is 13.1 Å². The average molecular weight is 375 g/mol. The van der Waals surface area contributed by atoms with Gasteiger partial charge in [-0.15, -0.1) is 0 Å². The van der Waals surface area contributed by atoms with E-state index in [-0.39, 0.29) is 6.03 Å². The zero-order chi connectivity index (χ0) is 18.9. The van der Waals surface area contributed by atoms with Crippen LogP contribution in [0, 0.1) is 0 Å². The second-order valence-corrected chi connectivity index (χ2v) is 7.83. The van der Waals surface area contributed by atoms with E-state index < -0.39 is 0 Å². The molecule has 1 saturated carbocycles. The number of carbonyl (C=O) groups is 1. The minimum Gasteiger partial charge on any atom is -0.343 e. The normalized spacial score (nSPS) is 16.6. The smallest absolute Gasteiger partial charge is 0.317 e. The van der Waals surface area contributed by atoms with Crippen LogP contribution in [0.4, 0.5) is 4.79 Å². The molecule has 2 aromatic heterocycles. The third-order valence-electron chi connectivity index (χ3n) is 5.70. The largest absolute Gasteiger partial charge is 0.343 e. The van der Waals surface area contributed by atoms with E-state index >= 15 is 0 Å². The van der Waals surface area contributed by atoms with Crippen molar-refractivity contribution in [3.63, 3.8) is 0 Å². The third kappa shape index (κ3) is 3.46. The molecule has 0 spiro atoms. The lowest BCUT2D eigenvalue weighted by atomic mass is 10.2. The van der Waals surface area contributed by atoms with Gasteiger partial charge in [-0.3, -0.25) is 0 Å². The van der Waals surface area contributed by atoms with Crippen LogP contribution in [0.3, 0.4) is 0 Å². The van der Waals surface area contributed by atoms with E-state index in [1.807, 2.05) is 17.3 Å². The van der Waals surface area contributed by atoms with Crippen LogP contribution in [0.25, 0.3) is 10.9 Å². The van der Waals surface area contributed by atoms with Crippen molar-refractivity contribution >= 4 is 16.9 Å². The first-order chi connectivity index (χ1) is 13.8. The Labute approximate surface area is 164 Å². The fourth-order valence-electron chi connectivity index (χ4n) is 4.00. The van der Waals surface area contributed by atoms with Crippen LogP contribution < -0.4 is 5.32 Å². The number of fused-ring (bicyclic) bond motifs is 3. The molecule has 0 radical (unpaired) electrons. The van der Waals surface area contributed by atoms with Crippen molar-refractivity contribution in [3.05, 3.63) is 59.8 Å². The lowest BCUT2D eigenvalue weighted by Crippen LogP contribution is -2.40. The number of hydrogen-bond donors (Lipinski definition) is 1. The van der Waals surface area contributed by atoms with Crippen molar-refractivity contribution < 1.29 is 4.79 Å². The van der Waals surface area contributed by atoms with E-state index in [1.165, 1.54) is 29.4 Å². The molecule has 1 fully saturated rings.